The lowest BCUT2D eigenvalue weighted by molar-refractivity contribution is -0.0680. The van der Waals surface area contributed by atoms with Gasteiger partial charge in [0.25, 0.3) is 5.56 Å². The Balaban J connectivity index is 1.88. The monoisotopic (exact) mass is 304 g/mol. The van der Waals surface area contributed by atoms with Crippen molar-refractivity contribution in [3.63, 3.8) is 0 Å². The molecule has 0 amide bonds. The molecular formula is C10H13N2O7P. The van der Waals surface area contributed by atoms with E-state index in [-0.39, 0.29) is 13.0 Å². The SMILES string of the molecule is Cc1cn([C@H]2C[C@H]3OP(=O)(O)OC[C@H]3O2)c(=O)[nH]c1=O. The fraction of sp³-hybridized carbons (Fsp3) is 0.600. The molecule has 2 saturated heterocycles. The van der Waals surface area contributed by atoms with E-state index in [1.165, 1.54) is 10.8 Å². The highest BCUT2D eigenvalue weighted by atomic mass is 31.2. The van der Waals surface area contributed by atoms with Crippen LogP contribution in [0.5, 0.6) is 0 Å². The molecule has 0 aliphatic carbocycles. The molecule has 3 heterocycles. The predicted molar refractivity (Wildman–Crippen MR) is 65.2 cm³/mol. The van der Waals surface area contributed by atoms with Crippen LogP contribution in [0.4, 0.5) is 0 Å². The molecule has 10 heteroatoms. The van der Waals surface area contributed by atoms with Gasteiger partial charge in [-0.05, 0) is 6.92 Å². The number of rotatable bonds is 1. The van der Waals surface area contributed by atoms with Crippen molar-refractivity contribution < 1.29 is 23.2 Å². The number of ether oxygens (including phenoxy) is 1. The molecule has 2 aliphatic rings. The molecule has 3 rings (SSSR count). The Bertz CT molecular complexity index is 696. The summed E-state index contributed by atoms with van der Waals surface area (Å²) in [6.45, 7) is 1.49. The first-order valence-electron chi connectivity index (χ1n) is 5.99. The highest BCUT2D eigenvalue weighted by molar-refractivity contribution is 7.47. The summed E-state index contributed by atoms with van der Waals surface area (Å²) in [7, 11) is -4.03. The van der Waals surface area contributed by atoms with E-state index >= 15 is 0 Å². The number of fused-ring (bicyclic) bond motifs is 1. The molecule has 2 N–H and O–H groups in total. The van der Waals surface area contributed by atoms with Crippen LogP contribution in [0.3, 0.4) is 0 Å². The van der Waals surface area contributed by atoms with Gasteiger partial charge < -0.3 is 9.63 Å². The molecule has 2 fully saturated rings. The van der Waals surface area contributed by atoms with E-state index in [4.69, 9.17) is 9.26 Å². The maximum atomic E-state index is 11.8. The number of aromatic nitrogens is 2. The van der Waals surface area contributed by atoms with Gasteiger partial charge in [0.15, 0.2) is 0 Å². The zero-order valence-electron chi connectivity index (χ0n) is 10.5. The second-order valence-corrected chi connectivity index (χ2v) is 6.16. The number of phosphoric ester groups is 1. The van der Waals surface area contributed by atoms with Crippen LogP contribution in [0.15, 0.2) is 15.8 Å². The quantitative estimate of drug-likeness (QED) is 0.680. The zero-order valence-corrected chi connectivity index (χ0v) is 11.4. The highest BCUT2D eigenvalue weighted by Gasteiger charge is 2.46. The molecule has 1 aromatic rings. The molecule has 9 nitrogen and oxygen atoms in total. The van der Waals surface area contributed by atoms with Crippen LogP contribution in [-0.4, -0.2) is 33.3 Å². The van der Waals surface area contributed by atoms with Crippen molar-refractivity contribution in [2.45, 2.75) is 31.8 Å². The van der Waals surface area contributed by atoms with Gasteiger partial charge in [-0.15, -0.1) is 0 Å². The first-order chi connectivity index (χ1) is 9.35. The van der Waals surface area contributed by atoms with Gasteiger partial charge >= 0.3 is 13.5 Å². The Morgan fingerprint density at radius 2 is 2.20 bits per heavy atom. The summed E-state index contributed by atoms with van der Waals surface area (Å²) in [5.41, 5.74) is -0.688. The average molecular weight is 304 g/mol. The third-order valence-electron chi connectivity index (χ3n) is 3.31. The second kappa shape index (κ2) is 4.64. The topological polar surface area (TPSA) is 120 Å². The molecule has 0 aromatic carbocycles. The largest absolute Gasteiger partial charge is 0.472 e. The minimum Gasteiger partial charge on any atom is -0.349 e. The van der Waals surface area contributed by atoms with Gasteiger partial charge in [0, 0.05) is 18.2 Å². The molecule has 110 valence electrons. The van der Waals surface area contributed by atoms with Gasteiger partial charge in [-0.3, -0.25) is 23.4 Å². The summed E-state index contributed by atoms with van der Waals surface area (Å²) < 4.78 is 27.7. The van der Waals surface area contributed by atoms with E-state index in [0.29, 0.717) is 5.56 Å². The van der Waals surface area contributed by atoms with Crippen molar-refractivity contribution in [2.75, 3.05) is 6.61 Å². The molecular weight excluding hydrogens is 291 g/mol. The second-order valence-electron chi connectivity index (χ2n) is 4.75. The summed E-state index contributed by atoms with van der Waals surface area (Å²) in [6.07, 6.45) is -0.196. The van der Waals surface area contributed by atoms with Crippen molar-refractivity contribution in [3.05, 3.63) is 32.6 Å². The first kappa shape index (κ1) is 13.7. The lowest BCUT2D eigenvalue weighted by atomic mass is 10.2. The molecule has 1 aromatic heterocycles. The summed E-state index contributed by atoms with van der Waals surface area (Å²) >= 11 is 0. The minimum atomic E-state index is -4.03. The number of nitrogens with one attached hydrogen (secondary N) is 1. The average Bonchev–Trinajstić information content (AvgIpc) is 2.74. The number of hydrogen-bond donors (Lipinski definition) is 2. The molecule has 0 spiro atoms. The van der Waals surface area contributed by atoms with Crippen LogP contribution in [-0.2, 0) is 18.3 Å². The Morgan fingerprint density at radius 3 is 2.95 bits per heavy atom. The highest BCUT2D eigenvalue weighted by Crippen LogP contribution is 2.52. The normalized spacial score (nSPS) is 36.8. The summed E-state index contributed by atoms with van der Waals surface area (Å²) in [4.78, 5) is 34.5. The predicted octanol–water partition coefficient (Wildman–Crippen LogP) is -0.352. The van der Waals surface area contributed by atoms with Crippen LogP contribution < -0.4 is 11.2 Å². The molecule has 2 aliphatic heterocycles. The molecule has 0 bridgehead atoms. The molecule has 20 heavy (non-hydrogen) atoms. The number of aromatic amines is 1. The Labute approximate surface area is 112 Å². The summed E-state index contributed by atoms with van der Waals surface area (Å²) in [6, 6.07) is 0. The van der Waals surface area contributed by atoms with Crippen LogP contribution in [0.25, 0.3) is 0 Å². The van der Waals surface area contributed by atoms with E-state index in [9.17, 15) is 19.0 Å². The van der Waals surface area contributed by atoms with Crippen molar-refractivity contribution in [3.8, 4) is 0 Å². The van der Waals surface area contributed by atoms with Gasteiger partial charge in [0.1, 0.15) is 18.4 Å². The molecule has 0 saturated carbocycles. The standard InChI is InChI=1S/C10H13N2O7P/c1-5-3-12(10(14)11-9(5)13)8-2-6-7(18-8)4-17-20(15,16)19-6/h3,6-8H,2,4H2,1H3,(H,15,16)(H,11,13,14)/t6-,7-,8-/m1/s1. The maximum absolute atomic E-state index is 11.8. The number of phosphoric acid groups is 1. The maximum Gasteiger partial charge on any atom is 0.472 e. The third kappa shape index (κ3) is 2.38. The minimum absolute atomic E-state index is 0.0774. The van der Waals surface area contributed by atoms with E-state index in [1.54, 1.807) is 6.92 Å². The zero-order chi connectivity index (χ0) is 14.5. The number of H-pyrrole nitrogens is 1. The van der Waals surface area contributed by atoms with Crippen LogP contribution in [0, 0.1) is 6.92 Å². The molecule has 4 atom stereocenters. The number of hydrogen-bond acceptors (Lipinski definition) is 6. The number of nitrogens with zero attached hydrogens (tertiary/aromatic N) is 1. The van der Waals surface area contributed by atoms with Crippen molar-refractivity contribution in [2.24, 2.45) is 0 Å². The van der Waals surface area contributed by atoms with Crippen molar-refractivity contribution in [1.29, 1.82) is 0 Å². The van der Waals surface area contributed by atoms with Crippen molar-refractivity contribution in [1.82, 2.24) is 9.55 Å². The fourth-order valence-corrected chi connectivity index (χ4v) is 3.26. The van der Waals surface area contributed by atoms with Crippen LogP contribution in [0.2, 0.25) is 0 Å². The fourth-order valence-electron chi connectivity index (χ4n) is 2.30. The van der Waals surface area contributed by atoms with Crippen LogP contribution in [0.1, 0.15) is 18.2 Å². The Hall–Kier alpha value is -1.25. The summed E-state index contributed by atoms with van der Waals surface area (Å²) in [5.74, 6) is 0. The lowest BCUT2D eigenvalue weighted by Gasteiger charge is -2.26. The van der Waals surface area contributed by atoms with Gasteiger partial charge in [-0.25, -0.2) is 9.36 Å². The summed E-state index contributed by atoms with van der Waals surface area (Å²) in [5, 5.41) is 0. The Morgan fingerprint density at radius 1 is 1.45 bits per heavy atom. The molecule has 1 unspecified atom stereocenters. The van der Waals surface area contributed by atoms with Gasteiger partial charge in [0.05, 0.1) is 6.61 Å². The third-order valence-corrected chi connectivity index (χ3v) is 4.32. The van der Waals surface area contributed by atoms with E-state index in [1.807, 2.05) is 0 Å². The first-order valence-corrected chi connectivity index (χ1v) is 7.48. The number of aryl methyl sites for hydroxylation is 1. The van der Waals surface area contributed by atoms with E-state index in [2.05, 4.69) is 9.51 Å². The van der Waals surface area contributed by atoms with E-state index in [0.717, 1.165) is 0 Å². The smallest absolute Gasteiger partial charge is 0.349 e. The Kier molecular flexibility index (Phi) is 3.19. The molecule has 0 radical (unpaired) electrons. The van der Waals surface area contributed by atoms with Gasteiger partial charge in [0.2, 0.25) is 0 Å². The van der Waals surface area contributed by atoms with Crippen molar-refractivity contribution >= 4 is 7.82 Å². The van der Waals surface area contributed by atoms with Crippen LogP contribution >= 0.6 is 7.82 Å². The lowest BCUT2D eigenvalue weighted by Crippen LogP contribution is -2.34. The van der Waals surface area contributed by atoms with Gasteiger partial charge in [-0.1, -0.05) is 0 Å². The van der Waals surface area contributed by atoms with Gasteiger partial charge in [-0.2, -0.15) is 0 Å². The van der Waals surface area contributed by atoms with E-state index < -0.39 is 37.5 Å².